The van der Waals surface area contributed by atoms with Crippen molar-refractivity contribution in [1.82, 2.24) is 0 Å². The van der Waals surface area contributed by atoms with Gasteiger partial charge in [0.25, 0.3) is 0 Å². The van der Waals surface area contributed by atoms with Crippen molar-refractivity contribution in [2.45, 2.75) is 134 Å². The lowest BCUT2D eigenvalue weighted by atomic mass is 9.69. The minimum Gasteiger partial charge on any atom is -0.317 e. The summed E-state index contributed by atoms with van der Waals surface area (Å²) < 4.78 is 76.8. The topological polar surface area (TPSA) is 9.23 Å². The first-order chi connectivity index (χ1) is 20.2. The van der Waals surface area contributed by atoms with Crippen LogP contribution in [0.1, 0.15) is 132 Å². The Balaban J connectivity index is 1.03. The molecule has 3 aliphatic rings. The van der Waals surface area contributed by atoms with Crippen LogP contribution in [0.5, 0.6) is 0 Å². The molecule has 0 N–H and O–H groups in total. The Morgan fingerprint density at radius 3 is 1.76 bits per heavy atom. The summed E-state index contributed by atoms with van der Waals surface area (Å²) in [7, 11) is 0. The second-order valence-electron chi connectivity index (χ2n) is 13.4. The summed E-state index contributed by atoms with van der Waals surface area (Å²) in [6, 6.07) is 11.1. The van der Waals surface area contributed by atoms with Gasteiger partial charge in [-0.05, 0) is 142 Å². The Hall–Kier alpha value is -1.95. The van der Waals surface area contributed by atoms with Crippen LogP contribution < -0.4 is 0 Å². The van der Waals surface area contributed by atoms with Crippen molar-refractivity contribution in [3.63, 3.8) is 0 Å². The van der Waals surface area contributed by atoms with Gasteiger partial charge in [-0.1, -0.05) is 44.0 Å². The van der Waals surface area contributed by atoms with Gasteiger partial charge in [0.1, 0.15) is 0 Å². The molecule has 42 heavy (non-hydrogen) atoms. The Morgan fingerprint density at radius 1 is 0.667 bits per heavy atom. The largest absolute Gasteiger partial charge is 0.358 e. The van der Waals surface area contributed by atoms with Crippen LogP contribution in [-0.4, -0.2) is 12.2 Å². The van der Waals surface area contributed by atoms with Crippen molar-refractivity contribution >= 4 is 0 Å². The van der Waals surface area contributed by atoms with Gasteiger partial charge in [0.05, 0.1) is 12.0 Å². The van der Waals surface area contributed by atoms with Gasteiger partial charge in [0.2, 0.25) is 0 Å². The van der Waals surface area contributed by atoms with Gasteiger partial charge in [0.15, 0.2) is 17.5 Å². The summed E-state index contributed by atoms with van der Waals surface area (Å²) in [4.78, 5) is 0. The summed E-state index contributed by atoms with van der Waals surface area (Å²) in [6.45, 7) is 2.21. The van der Waals surface area contributed by atoms with Crippen molar-refractivity contribution in [2.75, 3.05) is 0 Å². The molecular weight excluding hydrogens is 543 g/mol. The average Bonchev–Trinajstić information content (AvgIpc) is 3.00. The SMILES string of the molecule is CCCCCc1ccc(C2CCC(C(F)(F)OC3CCC(C4CCC(c5cc(F)c(F)c(F)c5)CC4)CC3)CC2)cc1. The molecule has 0 amide bonds. The van der Waals surface area contributed by atoms with Gasteiger partial charge >= 0.3 is 6.11 Å². The third-order valence-electron chi connectivity index (χ3n) is 10.7. The van der Waals surface area contributed by atoms with E-state index < -0.39 is 35.6 Å². The van der Waals surface area contributed by atoms with Crippen LogP contribution in [0.3, 0.4) is 0 Å². The van der Waals surface area contributed by atoms with E-state index in [9.17, 15) is 13.2 Å². The fourth-order valence-corrected chi connectivity index (χ4v) is 8.03. The molecule has 6 heteroatoms. The van der Waals surface area contributed by atoms with E-state index in [4.69, 9.17) is 4.74 Å². The van der Waals surface area contributed by atoms with E-state index in [1.165, 1.54) is 30.4 Å². The molecular formula is C36H47F5O. The minimum atomic E-state index is -3.08. The van der Waals surface area contributed by atoms with Crippen LogP contribution in [0.2, 0.25) is 0 Å². The maximum atomic E-state index is 15.3. The molecule has 5 rings (SSSR count). The summed E-state index contributed by atoms with van der Waals surface area (Å²) in [5.74, 6) is -3.01. The smallest absolute Gasteiger partial charge is 0.317 e. The van der Waals surface area contributed by atoms with Crippen LogP contribution in [0.15, 0.2) is 36.4 Å². The molecule has 3 aliphatic carbocycles. The Morgan fingerprint density at radius 2 is 1.19 bits per heavy atom. The van der Waals surface area contributed by atoms with E-state index in [-0.39, 0.29) is 5.92 Å². The van der Waals surface area contributed by atoms with Crippen LogP contribution >= 0.6 is 0 Å². The monoisotopic (exact) mass is 590 g/mol. The molecule has 0 saturated heterocycles. The number of ether oxygens (including phenoxy) is 1. The predicted octanol–water partition coefficient (Wildman–Crippen LogP) is 11.3. The molecule has 232 valence electrons. The third kappa shape index (κ3) is 7.76. The number of halogens is 5. The highest BCUT2D eigenvalue weighted by atomic mass is 19.3. The first-order valence-corrected chi connectivity index (χ1v) is 16.5. The molecule has 3 fully saturated rings. The molecule has 2 aromatic rings. The van der Waals surface area contributed by atoms with Crippen molar-refractivity contribution in [3.8, 4) is 0 Å². The molecule has 0 aromatic heterocycles. The van der Waals surface area contributed by atoms with Gasteiger partial charge in [-0.25, -0.2) is 13.2 Å². The lowest BCUT2D eigenvalue weighted by molar-refractivity contribution is -0.301. The van der Waals surface area contributed by atoms with E-state index in [2.05, 4.69) is 31.2 Å². The molecule has 0 unspecified atom stereocenters. The van der Waals surface area contributed by atoms with Crippen molar-refractivity contribution < 1.29 is 26.7 Å². The summed E-state index contributed by atoms with van der Waals surface area (Å²) in [5.41, 5.74) is 3.18. The van der Waals surface area contributed by atoms with E-state index in [0.717, 1.165) is 69.9 Å². The van der Waals surface area contributed by atoms with Crippen LogP contribution in [-0.2, 0) is 11.2 Å². The molecule has 0 radical (unpaired) electrons. The number of rotatable bonds is 10. The molecule has 0 heterocycles. The summed E-state index contributed by atoms with van der Waals surface area (Å²) >= 11 is 0. The van der Waals surface area contributed by atoms with Crippen LogP contribution in [0.4, 0.5) is 22.0 Å². The molecule has 1 nitrogen and oxygen atoms in total. The highest BCUT2D eigenvalue weighted by molar-refractivity contribution is 5.26. The van der Waals surface area contributed by atoms with Gasteiger partial charge in [0, 0.05) is 0 Å². The molecule has 0 spiro atoms. The van der Waals surface area contributed by atoms with E-state index in [0.29, 0.717) is 49.0 Å². The highest BCUT2D eigenvalue weighted by Crippen LogP contribution is 2.47. The van der Waals surface area contributed by atoms with Gasteiger partial charge in [-0.3, -0.25) is 0 Å². The normalized spacial score (nSPS) is 29.0. The van der Waals surface area contributed by atoms with E-state index in [1.54, 1.807) is 0 Å². The quantitative estimate of drug-likeness (QED) is 0.152. The van der Waals surface area contributed by atoms with E-state index in [1.807, 2.05) is 0 Å². The third-order valence-corrected chi connectivity index (χ3v) is 10.7. The predicted molar refractivity (Wildman–Crippen MR) is 157 cm³/mol. The summed E-state index contributed by atoms with van der Waals surface area (Å²) in [6.07, 6.45) is 10.5. The number of hydrogen-bond donors (Lipinski definition) is 0. The first kappa shape index (κ1) is 31.5. The zero-order valence-electron chi connectivity index (χ0n) is 25.0. The van der Waals surface area contributed by atoms with Crippen LogP contribution in [0.25, 0.3) is 0 Å². The summed E-state index contributed by atoms with van der Waals surface area (Å²) in [5, 5.41) is 0. The zero-order chi connectivity index (χ0) is 29.7. The van der Waals surface area contributed by atoms with Gasteiger partial charge in [-0.2, -0.15) is 8.78 Å². The first-order valence-electron chi connectivity index (χ1n) is 16.5. The van der Waals surface area contributed by atoms with Crippen molar-refractivity contribution in [3.05, 3.63) is 70.5 Å². The number of hydrogen-bond acceptors (Lipinski definition) is 1. The molecule has 0 atom stereocenters. The maximum Gasteiger partial charge on any atom is 0.358 e. The number of aryl methyl sites for hydroxylation is 1. The second-order valence-corrected chi connectivity index (χ2v) is 13.4. The fraction of sp³-hybridized carbons (Fsp3) is 0.667. The highest BCUT2D eigenvalue weighted by Gasteiger charge is 2.45. The standard InChI is InChI=1S/C36H47F5O/c1-2-3-4-5-24-6-8-25(9-7-24)27-14-18-31(19-15-27)36(40,41)42-32-20-16-28(17-21-32)26-10-12-29(13-11-26)30-22-33(37)35(39)34(38)23-30/h6-9,22-23,26-29,31-32H,2-5,10-21H2,1H3. The lowest BCUT2D eigenvalue weighted by Gasteiger charge is -2.40. The fourth-order valence-electron chi connectivity index (χ4n) is 8.03. The molecule has 3 saturated carbocycles. The van der Waals surface area contributed by atoms with Crippen molar-refractivity contribution in [2.24, 2.45) is 17.8 Å². The molecule has 0 aliphatic heterocycles. The average molecular weight is 591 g/mol. The Bertz CT molecular complexity index is 1100. The van der Waals surface area contributed by atoms with Gasteiger partial charge < -0.3 is 4.74 Å². The van der Waals surface area contributed by atoms with Crippen molar-refractivity contribution in [1.29, 1.82) is 0 Å². The molecule has 0 bridgehead atoms. The Labute approximate surface area is 248 Å². The van der Waals surface area contributed by atoms with Gasteiger partial charge in [-0.15, -0.1) is 0 Å². The van der Waals surface area contributed by atoms with E-state index >= 15 is 8.78 Å². The minimum absolute atomic E-state index is 0.0363. The Kier molecular flexibility index (Phi) is 10.7. The van der Waals surface area contributed by atoms with Crippen LogP contribution in [0, 0.1) is 35.2 Å². The second kappa shape index (κ2) is 14.2. The zero-order valence-corrected chi connectivity index (χ0v) is 25.0. The number of benzene rings is 2. The number of alkyl halides is 2. The molecule has 2 aromatic carbocycles. The number of unbranched alkanes of at least 4 members (excludes halogenated alkanes) is 2. The maximum absolute atomic E-state index is 15.3. The lowest BCUT2D eigenvalue weighted by Crippen LogP contribution is -2.39.